The second-order valence-electron chi connectivity index (χ2n) is 5.26. The lowest BCUT2D eigenvalue weighted by Gasteiger charge is -2.22. The summed E-state index contributed by atoms with van der Waals surface area (Å²) in [5.41, 5.74) is 1.68. The molecule has 8 heteroatoms. The van der Waals surface area contributed by atoms with Gasteiger partial charge in [0.25, 0.3) is 0 Å². The van der Waals surface area contributed by atoms with Gasteiger partial charge in [0.15, 0.2) is 0 Å². The van der Waals surface area contributed by atoms with Gasteiger partial charge in [0, 0.05) is 15.7 Å². The molecule has 0 spiro atoms. The Morgan fingerprint density at radius 1 is 1.12 bits per heavy atom. The fraction of sp³-hybridized carbons (Fsp3) is 0.188. The molecule has 0 unspecified atom stereocenters. The highest BCUT2D eigenvalue weighted by Gasteiger charge is 2.21. The van der Waals surface area contributed by atoms with Crippen molar-refractivity contribution in [2.24, 2.45) is 0 Å². The Kier molecular flexibility index (Phi) is 5.74. The van der Waals surface area contributed by atoms with E-state index < -0.39 is 15.9 Å². The van der Waals surface area contributed by atoms with Crippen LogP contribution in [0.3, 0.4) is 0 Å². The van der Waals surface area contributed by atoms with Crippen molar-refractivity contribution in [3.63, 3.8) is 0 Å². The van der Waals surface area contributed by atoms with E-state index in [1.165, 1.54) is 6.07 Å². The first-order valence-corrected chi connectivity index (χ1v) is 9.56. The molecule has 0 bridgehead atoms. The van der Waals surface area contributed by atoms with Crippen molar-refractivity contribution in [3.05, 3.63) is 58.1 Å². The van der Waals surface area contributed by atoms with Gasteiger partial charge in [-0.15, -0.1) is 0 Å². The van der Waals surface area contributed by atoms with Crippen LogP contribution in [0.4, 0.5) is 11.4 Å². The molecule has 0 saturated heterocycles. The molecule has 2 aromatic carbocycles. The maximum absolute atomic E-state index is 12.3. The number of nitrogens with zero attached hydrogens (tertiary/aromatic N) is 1. The number of aryl methyl sites for hydroxylation is 1. The first kappa shape index (κ1) is 18.6. The Labute approximate surface area is 151 Å². The van der Waals surface area contributed by atoms with Crippen LogP contribution in [0.25, 0.3) is 0 Å². The molecule has 2 rings (SSSR count). The third kappa shape index (κ3) is 4.87. The van der Waals surface area contributed by atoms with Crippen LogP contribution in [0, 0.1) is 6.92 Å². The number of nitrogens with one attached hydrogen (secondary N) is 1. The van der Waals surface area contributed by atoms with Gasteiger partial charge in [-0.1, -0.05) is 35.3 Å². The standard InChI is InChI=1S/C16H16Cl2N2O3S/c1-11-6-7-13(18)9-15(11)19-16(21)10-20(24(2,22)23)14-5-3-4-12(17)8-14/h3-9H,10H2,1-2H3,(H,19,21). The summed E-state index contributed by atoms with van der Waals surface area (Å²) in [6.07, 6.45) is 1.03. The maximum atomic E-state index is 12.3. The maximum Gasteiger partial charge on any atom is 0.245 e. The fourth-order valence-electron chi connectivity index (χ4n) is 2.08. The SMILES string of the molecule is Cc1ccc(Cl)cc1NC(=O)CN(c1cccc(Cl)c1)S(C)(=O)=O. The van der Waals surface area contributed by atoms with Crippen LogP contribution >= 0.6 is 23.2 Å². The topological polar surface area (TPSA) is 66.5 Å². The molecule has 0 aliphatic rings. The van der Waals surface area contributed by atoms with Gasteiger partial charge in [0.2, 0.25) is 15.9 Å². The molecular weight excluding hydrogens is 371 g/mol. The smallest absolute Gasteiger partial charge is 0.245 e. The van der Waals surface area contributed by atoms with E-state index in [2.05, 4.69) is 5.32 Å². The summed E-state index contributed by atoms with van der Waals surface area (Å²) < 4.78 is 25.1. The molecule has 24 heavy (non-hydrogen) atoms. The van der Waals surface area contributed by atoms with Crippen LogP contribution in [0.1, 0.15) is 5.56 Å². The lowest BCUT2D eigenvalue weighted by atomic mass is 10.2. The summed E-state index contributed by atoms with van der Waals surface area (Å²) in [4.78, 5) is 12.3. The van der Waals surface area contributed by atoms with Gasteiger partial charge in [-0.3, -0.25) is 9.10 Å². The number of carbonyl (C=O) groups excluding carboxylic acids is 1. The van der Waals surface area contributed by atoms with Crippen molar-refractivity contribution in [2.45, 2.75) is 6.92 Å². The molecule has 0 aromatic heterocycles. The number of sulfonamides is 1. The van der Waals surface area contributed by atoms with Crippen LogP contribution in [0.2, 0.25) is 10.0 Å². The van der Waals surface area contributed by atoms with E-state index in [9.17, 15) is 13.2 Å². The van der Waals surface area contributed by atoms with Gasteiger partial charge >= 0.3 is 0 Å². The third-order valence-electron chi connectivity index (χ3n) is 3.26. The van der Waals surface area contributed by atoms with Crippen LogP contribution in [-0.4, -0.2) is 27.1 Å². The van der Waals surface area contributed by atoms with Gasteiger partial charge in [-0.05, 0) is 42.8 Å². The minimum absolute atomic E-state index is 0.322. The van der Waals surface area contributed by atoms with E-state index in [4.69, 9.17) is 23.2 Å². The zero-order valence-electron chi connectivity index (χ0n) is 13.1. The predicted molar refractivity (Wildman–Crippen MR) is 98.5 cm³/mol. The Morgan fingerprint density at radius 2 is 1.79 bits per heavy atom. The number of halogens is 2. The molecule has 0 radical (unpaired) electrons. The molecule has 0 heterocycles. The van der Waals surface area contributed by atoms with Gasteiger partial charge in [-0.25, -0.2) is 8.42 Å². The van der Waals surface area contributed by atoms with Gasteiger partial charge < -0.3 is 5.32 Å². The largest absolute Gasteiger partial charge is 0.324 e. The number of anilines is 2. The second kappa shape index (κ2) is 7.42. The molecule has 0 fully saturated rings. The Bertz CT molecular complexity index is 869. The summed E-state index contributed by atoms with van der Waals surface area (Å²) >= 11 is 11.8. The van der Waals surface area contributed by atoms with Gasteiger partial charge in [0.1, 0.15) is 6.54 Å². The molecule has 1 N–H and O–H groups in total. The van der Waals surface area contributed by atoms with Crippen molar-refractivity contribution < 1.29 is 13.2 Å². The Morgan fingerprint density at radius 3 is 2.42 bits per heavy atom. The Hall–Kier alpha value is -1.76. The molecule has 0 saturated carbocycles. The normalized spacial score (nSPS) is 11.2. The minimum atomic E-state index is -3.65. The number of rotatable bonds is 5. The number of amides is 1. The zero-order chi connectivity index (χ0) is 17.9. The van der Waals surface area contributed by atoms with Crippen LogP contribution in [0.5, 0.6) is 0 Å². The van der Waals surface area contributed by atoms with Gasteiger partial charge in [0.05, 0.1) is 11.9 Å². The predicted octanol–water partition coefficient (Wildman–Crippen LogP) is 3.71. The molecule has 128 valence electrons. The lowest BCUT2D eigenvalue weighted by molar-refractivity contribution is -0.114. The molecular formula is C16H16Cl2N2O3S. The van der Waals surface area contributed by atoms with Crippen LogP contribution < -0.4 is 9.62 Å². The average Bonchev–Trinajstić information content (AvgIpc) is 2.47. The molecule has 5 nitrogen and oxygen atoms in total. The highest BCUT2D eigenvalue weighted by atomic mass is 35.5. The van der Waals surface area contributed by atoms with Crippen molar-refractivity contribution >= 4 is 50.5 Å². The first-order chi connectivity index (χ1) is 11.2. The number of hydrogen-bond donors (Lipinski definition) is 1. The number of hydrogen-bond acceptors (Lipinski definition) is 3. The van der Waals surface area contributed by atoms with Crippen molar-refractivity contribution in [3.8, 4) is 0 Å². The van der Waals surface area contributed by atoms with Crippen molar-refractivity contribution in [1.29, 1.82) is 0 Å². The highest BCUT2D eigenvalue weighted by molar-refractivity contribution is 7.92. The second-order valence-corrected chi connectivity index (χ2v) is 8.04. The van der Waals surface area contributed by atoms with E-state index >= 15 is 0 Å². The van der Waals surface area contributed by atoms with E-state index in [-0.39, 0.29) is 6.54 Å². The third-order valence-corrected chi connectivity index (χ3v) is 4.87. The summed E-state index contributed by atoms with van der Waals surface area (Å²) in [6.45, 7) is 1.45. The summed E-state index contributed by atoms with van der Waals surface area (Å²) in [5, 5.41) is 3.53. The van der Waals surface area contributed by atoms with E-state index in [0.29, 0.717) is 21.4 Å². The highest BCUT2D eigenvalue weighted by Crippen LogP contribution is 2.23. The van der Waals surface area contributed by atoms with E-state index in [0.717, 1.165) is 16.1 Å². The molecule has 0 aliphatic heterocycles. The van der Waals surface area contributed by atoms with Gasteiger partial charge in [-0.2, -0.15) is 0 Å². The van der Waals surface area contributed by atoms with Crippen molar-refractivity contribution in [1.82, 2.24) is 0 Å². The average molecular weight is 387 g/mol. The molecule has 1 amide bonds. The monoisotopic (exact) mass is 386 g/mol. The molecule has 0 atom stereocenters. The number of benzene rings is 2. The van der Waals surface area contributed by atoms with E-state index in [1.54, 1.807) is 36.4 Å². The molecule has 2 aromatic rings. The summed E-state index contributed by atoms with van der Waals surface area (Å²) in [6, 6.07) is 11.4. The van der Waals surface area contributed by atoms with Crippen LogP contribution in [0.15, 0.2) is 42.5 Å². The van der Waals surface area contributed by atoms with E-state index in [1.807, 2.05) is 6.92 Å². The zero-order valence-corrected chi connectivity index (χ0v) is 15.4. The summed E-state index contributed by atoms with van der Waals surface area (Å²) in [7, 11) is -3.65. The minimum Gasteiger partial charge on any atom is -0.324 e. The quantitative estimate of drug-likeness (QED) is 0.851. The van der Waals surface area contributed by atoms with Crippen LogP contribution in [-0.2, 0) is 14.8 Å². The fourth-order valence-corrected chi connectivity index (χ4v) is 3.29. The Balaban J connectivity index is 2.24. The summed E-state index contributed by atoms with van der Waals surface area (Å²) in [5.74, 6) is -0.481. The molecule has 0 aliphatic carbocycles. The number of carbonyl (C=O) groups is 1. The first-order valence-electron chi connectivity index (χ1n) is 6.96. The van der Waals surface area contributed by atoms with Crippen molar-refractivity contribution in [2.75, 3.05) is 22.4 Å². The lowest BCUT2D eigenvalue weighted by Crippen LogP contribution is -2.37.